The van der Waals surface area contributed by atoms with E-state index in [-0.39, 0.29) is 11.7 Å². The topological polar surface area (TPSA) is 69.0 Å². The van der Waals surface area contributed by atoms with Crippen molar-refractivity contribution in [3.63, 3.8) is 0 Å². The summed E-state index contributed by atoms with van der Waals surface area (Å²) in [6.45, 7) is 2.56. The second-order valence-corrected chi connectivity index (χ2v) is 7.51. The zero-order valence-electron chi connectivity index (χ0n) is 15.7. The van der Waals surface area contributed by atoms with Crippen LogP contribution in [0.25, 0.3) is 5.69 Å². The molecule has 4 rings (SSSR count). The highest BCUT2D eigenvalue weighted by Crippen LogP contribution is 2.40. The number of nitrogens with zero attached hydrogens (tertiary/aromatic N) is 3. The molecule has 1 fully saturated rings. The number of rotatable bonds is 8. The third kappa shape index (κ3) is 4.54. The van der Waals surface area contributed by atoms with Gasteiger partial charge in [0.2, 0.25) is 11.1 Å². The van der Waals surface area contributed by atoms with Crippen LogP contribution >= 0.6 is 11.8 Å². The summed E-state index contributed by atoms with van der Waals surface area (Å²) in [6, 6.07) is 17.4. The lowest BCUT2D eigenvalue weighted by atomic mass is 10.3. The Morgan fingerprint density at radius 2 is 1.93 bits per heavy atom. The second-order valence-electron chi connectivity index (χ2n) is 6.57. The van der Waals surface area contributed by atoms with E-state index in [2.05, 4.69) is 15.4 Å². The Morgan fingerprint density at radius 3 is 2.61 bits per heavy atom. The van der Waals surface area contributed by atoms with Crippen molar-refractivity contribution in [1.29, 1.82) is 0 Å². The van der Waals surface area contributed by atoms with E-state index in [1.165, 1.54) is 11.8 Å². The number of ether oxygens (including phenoxy) is 1. The zero-order valence-corrected chi connectivity index (χ0v) is 16.5. The molecule has 0 saturated heterocycles. The average molecular weight is 395 g/mol. The van der Waals surface area contributed by atoms with E-state index in [4.69, 9.17) is 4.74 Å². The molecule has 3 aromatic rings. The maximum atomic E-state index is 12.3. The van der Waals surface area contributed by atoms with Crippen LogP contribution in [0.15, 0.2) is 59.8 Å². The van der Waals surface area contributed by atoms with Gasteiger partial charge in [-0.25, -0.2) is 9.67 Å². The van der Waals surface area contributed by atoms with Gasteiger partial charge >= 0.3 is 0 Å². The van der Waals surface area contributed by atoms with Gasteiger partial charge in [-0.3, -0.25) is 4.79 Å². The van der Waals surface area contributed by atoms with Crippen molar-refractivity contribution in [2.75, 3.05) is 17.7 Å². The largest absolute Gasteiger partial charge is 0.494 e. The van der Waals surface area contributed by atoms with Crippen LogP contribution in [0.2, 0.25) is 0 Å². The van der Waals surface area contributed by atoms with Gasteiger partial charge in [-0.2, -0.15) is 0 Å². The number of aromatic nitrogens is 3. The fourth-order valence-electron chi connectivity index (χ4n) is 2.86. The Labute approximate surface area is 168 Å². The third-order valence-electron chi connectivity index (χ3n) is 4.34. The third-order valence-corrected chi connectivity index (χ3v) is 5.18. The number of hydrogen-bond acceptors (Lipinski definition) is 5. The minimum absolute atomic E-state index is 0.0850. The normalized spacial score (nSPS) is 13.3. The van der Waals surface area contributed by atoms with Gasteiger partial charge in [-0.05, 0) is 56.2 Å². The SMILES string of the molecule is CCOc1ccc(NC(=O)CSc2nc(C3CC3)n(-c3ccccc3)n2)cc1. The Balaban J connectivity index is 1.38. The summed E-state index contributed by atoms with van der Waals surface area (Å²) in [5.41, 5.74) is 1.75. The Hall–Kier alpha value is -2.80. The van der Waals surface area contributed by atoms with Crippen molar-refractivity contribution in [3.05, 3.63) is 60.4 Å². The molecule has 0 spiro atoms. The van der Waals surface area contributed by atoms with Crippen molar-refractivity contribution in [3.8, 4) is 11.4 Å². The predicted molar refractivity (Wildman–Crippen MR) is 110 cm³/mol. The molecule has 1 heterocycles. The lowest BCUT2D eigenvalue weighted by Gasteiger charge is -2.06. The molecule has 1 aliphatic carbocycles. The molecule has 6 nitrogen and oxygen atoms in total. The molecule has 28 heavy (non-hydrogen) atoms. The highest BCUT2D eigenvalue weighted by atomic mass is 32.2. The number of nitrogens with one attached hydrogen (secondary N) is 1. The van der Waals surface area contributed by atoms with Gasteiger partial charge in [-0.1, -0.05) is 30.0 Å². The van der Waals surface area contributed by atoms with Gasteiger partial charge in [0.05, 0.1) is 18.0 Å². The molecule has 0 bridgehead atoms. The van der Waals surface area contributed by atoms with E-state index < -0.39 is 0 Å². The molecule has 1 N–H and O–H groups in total. The van der Waals surface area contributed by atoms with Gasteiger partial charge < -0.3 is 10.1 Å². The predicted octanol–water partition coefficient (Wildman–Crippen LogP) is 4.27. The summed E-state index contributed by atoms with van der Waals surface area (Å²) in [7, 11) is 0. The van der Waals surface area contributed by atoms with E-state index in [0.29, 0.717) is 17.7 Å². The number of thioether (sulfide) groups is 1. The van der Waals surface area contributed by atoms with Crippen LogP contribution < -0.4 is 10.1 Å². The van der Waals surface area contributed by atoms with Crippen LogP contribution in [-0.4, -0.2) is 33.0 Å². The van der Waals surface area contributed by atoms with Crippen LogP contribution in [0.1, 0.15) is 31.5 Å². The number of amides is 1. The molecule has 1 aromatic heterocycles. The van der Waals surface area contributed by atoms with E-state index in [1.54, 1.807) is 0 Å². The Morgan fingerprint density at radius 1 is 1.18 bits per heavy atom. The van der Waals surface area contributed by atoms with E-state index >= 15 is 0 Å². The molecule has 1 saturated carbocycles. The minimum atomic E-state index is -0.0850. The quantitative estimate of drug-likeness (QED) is 0.578. The van der Waals surface area contributed by atoms with Crippen LogP contribution in [0.5, 0.6) is 5.75 Å². The Kier molecular flexibility index (Phi) is 5.62. The first-order valence-corrected chi connectivity index (χ1v) is 10.4. The van der Waals surface area contributed by atoms with Gasteiger partial charge in [0.15, 0.2) is 0 Å². The van der Waals surface area contributed by atoms with Gasteiger partial charge in [0.1, 0.15) is 11.6 Å². The average Bonchev–Trinajstić information content (AvgIpc) is 3.48. The summed E-state index contributed by atoms with van der Waals surface area (Å²) in [4.78, 5) is 17.0. The highest BCUT2D eigenvalue weighted by molar-refractivity contribution is 7.99. The van der Waals surface area contributed by atoms with Crippen molar-refractivity contribution >= 4 is 23.4 Å². The number of carbonyl (C=O) groups is 1. The summed E-state index contributed by atoms with van der Waals surface area (Å²) in [5, 5.41) is 8.15. The molecule has 2 aromatic carbocycles. The molecule has 1 aliphatic rings. The smallest absolute Gasteiger partial charge is 0.234 e. The molecule has 0 atom stereocenters. The molecule has 144 valence electrons. The first kappa shape index (κ1) is 18.6. The van der Waals surface area contributed by atoms with Gasteiger partial charge in [0.25, 0.3) is 0 Å². The molecule has 0 unspecified atom stereocenters. The summed E-state index contributed by atoms with van der Waals surface area (Å²) in [6.07, 6.45) is 2.29. The number of carbonyl (C=O) groups excluding carboxylic acids is 1. The lowest BCUT2D eigenvalue weighted by molar-refractivity contribution is -0.113. The molecule has 1 amide bonds. The fraction of sp³-hybridized carbons (Fsp3) is 0.286. The first-order valence-electron chi connectivity index (χ1n) is 9.41. The minimum Gasteiger partial charge on any atom is -0.494 e. The maximum absolute atomic E-state index is 12.3. The Bertz CT molecular complexity index is 937. The monoisotopic (exact) mass is 394 g/mol. The van der Waals surface area contributed by atoms with Gasteiger partial charge in [-0.15, -0.1) is 5.10 Å². The fourth-order valence-corrected chi connectivity index (χ4v) is 3.49. The van der Waals surface area contributed by atoms with Crippen LogP contribution in [0, 0.1) is 0 Å². The van der Waals surface area contributed by atoms with Gasteiger partial charge in [0, 0.05) is 11.6 Å². The molecule has 0 radical (unpaired) electrons. The number of hydrogen-bond donors (Lipinski definition) is 1. The zero-order chi connectivity index (χ0) is 19.3. The number of anilines is 1. The molecule has 0 aliphatic heterocycles. The maximum Gasteiger partial charge on any atom is 0.234 e. The highest BCUT2D eigenvalue weighted by Gasteiger charge is 2.30. The lowest BCUT2D eigenvalue weighted by Crippen LogP contribution is -2.14. The van der Waals surface area contributed by atoms with E-state index in [0.717, 1.165) is 35.8 Å². The summed E-state index contributed by atoms with van der Waals surface area (Å²) < 4.78 is 7.32. The molecular weight excluding hydrogens is 372 g/mol. The molecule has 7 heteroatoms. The first-order chi connectivity index (χ1) is 13.7. The number of benzene rings is 2. The van der Waals surface area contributed by atoms with Crippen molar-refractivity contribution < 1.29 is 9.53 Å². The summed E-state index contributed by atoms with van der Waals surface area (Å²) in [5.74, 6) is 2.42. The van der Waals surface area contributed by atoms with Crippen LogP contribution in [0.4, 0.5) is 5.69 Å². The van der Waals surface area contributed by atoms with E-state index in [9.17, 15) is 4.79 Å². The summed E-state index contributed by atoms with van der Waals surface area (Å²) >= 11 is 1.35. The second kappa shape index (κ2) is 8.48. The van der Waals surface area contributed by atoms with Crippen molar-refractivity contribution in [1.82, 2.24) is 14.8 Å². The standard InChI is InChI=1S/C21H22N4O2S/c1-2-27-18-12-10-16(11-13-18)22-19(26)14-28-21-23-20(15-8-9-15)25(24-21)17-6-4-3-5-7-17/h3-7,10-13,15H,2,8-9,14H2,1H3,(H,22,26). The van der Waals surface area contributed by atoms with Crippen LogP contribution in [0.3, 0.4) is 0 Å². The van der Waals surface area contributed by atoms with Crippen molar-refractivity contribution in [2.45, 2.75) is 30.8 Å². The van der Waals surface area contributed by atoms with E-state index in [1.807, 2.05) is 66.2 Å². The number of para-hydroxylation sites is 1. The van der Waals surface area contributed by atoms with Crippen LogP contribution in [-0.2, 0) is 4.79 Å². The molecular formula is C21H22N4O2S. The van der Waals surface area contributed by atoms with Crippen molar-refractivity contribution in [2.24, 2.45) is 0 Å².